The van der Waals surface area contributed by atoms with Crippen LogP contribution in [0.5, 0.6) is 0 Å². The SMILES string of the molecule is C[C@H]1CN(C2COC2)CCN1c1ccc(N)nn1.S. The minimum absolute atomic E-state index is 0. The standard InChI is InChI=1S/C12H19N5O.H2S/c1-9-6-16(10-7-18-8-10)4-5-17(9)12-3-2-11(13)14-15-12;/h2-3,9-10H,4-8H2,1H3,(H2,13,14);1H2/t9-;/m0./s1. The first kappa shape index (κ1) is 14.4. The molecule has 0 radical (unpaired) electrons. The van der Waals surface area contributed by atoms with Crippen molar-refractivity contribution in [1.82, 2.24) is 15.1 Å². The van der Waals surface area contributed by atoms with E-state index in [1.54, 1.807) is 6.07 Å². The number of ether oxygens (including phenoxy) is 1. The maximum absolute atomic E-state index is 5.56. The first-order valence-electron chi connectivity index (χ1n) is 6.41. The topological polar surface area (TPSA) is 67.5 Å². The number of piperazine rings is 1. The van der Waals surface area contributed by atoms with Gasteiger partial charge in [-0.3, -0.25) is 4.90 Å². The molecule has 2 aliphatic heterocycles. The highest BCUT2D eigenvalue weighted by atomic mass is 32.1. The van der Waals surface area contributed by atoms with Gasteiger partial charge in [-0.15, -0.1) is 10.2 Å². The number of anilines is 2. The summed E-state index contributed by atoms with van der Waals surface area (Å²) >= 11 is 0. The maximum Gasteiger partial charge on any atom is 0.151 e. The van der Waals surface area contributed by atoms with Crippen LogP contribution in [-0.2, 0) is 4.74 Å². The number of nitrogens with zero attached hydrogens (tertiary/aromatic N) is 4. The summed E-state index contributed by atoms with van der Waals surface area (Å²) in [7, 11) is 0. The van der Waals surface area contributed by atoms with Crippen LogP contribution in [0.1, 0.15) is 6.92 Å². The molecule has 0 aliphatic carbocycles. The van der Waals surface area contributed by atoms with Crippen LogP contribution >= 0.6 is 13.5 Å². The molecule has 2 fully saturated rings. The largest absolute Gasteiger partial charge is 0.382 e. The zero-order chi connectivity index (χ0) is 12.5. The molecular formula is C12H21N5OS. The van der Waals surface area contributed by atoms with Crippen LogP contribution in [0.2, 0.25) is 0 Å². The Morgan fingerprint density at radius 1 is 1.26 bits per heavy atom. The molecule has 3 heterocycles. The molecule has 7 heteroatoms. The fourth-order valence-electron chi connectivity index (χ4n) is 2.58. The van der Waals surface area contributed by atoms with E-state index in [0.29, 0.717) is 17.9 Å². The van der Waals surface area contributed by atoms with Crippen LogP contribution in [0.25, 0.3) is 0 Å². The molecule has 1 aromatic heterocycles. The Morgan fingerprint density at radius 3 is 2.58 bits per heavy atom. The molecule has 3 rings (SSSR count). The van der Waals surface area contributed by atoms with E-state index >= 15 is 0 Å². The van der Waals surface area contributed by atoms with Gasteiger partial charge >= 0.3 is 0 Å². The molecule has 0 bridgehead atoms. The monoisotopic (exact) mass is 283 g/mol. The van der Waals surface area contributed by atoms with Crippen molar-refractivity contribution in [3.8, 4) is 0 Å². The van der Waals surface area contributed by atoms with Gasteiger partial charge in [0.25, 0.3) is 0 Å². The van der Waals surface area contributed by atoms with Crippen LogP contribution < -0.4 is 10.6 Å². The number of nitrogen functional groups attached to an aromatic ring is 1. The van der Waals surface area contributed by atoms with Crippen molar-refractivity contribution in [1.29, 1.82) is 0 Å². The summed E-state index contributed by atoms with van der Waals surface area (Å²) in [6.07, 6.45) is 0. The summed E-state index contributed by atoms with van der Waals surface area (Å²) in [6.45, 7) is 7.09. The zero-order valence-electron chi connectivity index (χ0n) is 11.1. The van der Waals surface area contributed by atoms with Gasteiger partial charge in [0.05, 0.1) is 19.3 Å². The van der Waals surface area contributed by atoms with E-state index in [4.69, 9.17) is 10.5 Å². The molecule has 0 amide bonds. The lowest BCUT2D eigenvalue weighted by Crippen LogP contribution is -2.59. The minimum Gasteiger partial charge on any atom is -0.382 e. The van der Waals surface area contributed by atoms with Crippen LogP contribution in [-0.4, -0.2) is 60.0 Å². The molecule has 106 valence electrons. The molecular weight excluding hydrogens is 262 g/mol. The van der Waals surface area contributed by atoms with Gasteiger partial charge in [-0.2, -0.15) is 13.5 Å². The highest BCUT2D eigenvalue weighted by Gasteiger charge is 2.32. The number of rotatable bonds is 2. The van der Waals surface area contributed by atoms with E-state index < -0.39 is 0 Å². The van der Waals surface area contributed by atoms with Crippen molar-refractivity contribution < 1.29 is 4.74 Å². The second-order valence-electron chi connectivity index (χ2n) is 5.05. The zero-order valence-corrected chi connectivity index (χ0v) is 12.1. The Hall–Kier alpha value is -1.05. The third-order valence-electron chi connectivity index (χ3n) is 3.76. The van der Waals surface area contributed by atoms with Crippen molar-refractivity contribution in [2.45, 2.75) is 19.0 Å². The quantitative estimate of drug-likeness (QED) is 0.829. The molecule has 2 saturated heterocycles. The van der Waals surface area contributed by atoms with Crippen molar-refractivity contribution in [3.63, 3.8) is 0 Å². The Labute approximate surface area is 120 Å². The summed E-state index contributed by atoms with van der Waals surface area (Å²) < 4.78 is 5.26. The predicted molar refractivity (Wildman–Crippen MR) is 79.8 cm³/mol. The van der Waals surface area contributed by atoms with Crippen molar-refractivity contribution in [3.05, 3.63) is 12.1 Å². The molecule has 0 aromatic carbocycles. The van der Waals surface area contributed by atoms with Crippen molar-refractivity contribution >= 4 is 25.1 Å². The van der Waals surface area contributed by atoms with E-state index in [1.165, 1.54) is 0 Å². The van der Waals surface area contributed by atoms with E-state index in [2.05, 4.69) is 26.9 Å². The molecule has 6 nitrogen and oxygen atoms in total. The van der Waals surface area contributed by atoms with E-state index in [1.807, 2.05) is 6.07 Å². The smallest absolute Gasteiger partial charge is 0.151 e. The summed E-state index contributed by atoms with van der Waals surface area (Å²) in [5.41, 5.74) is 5.56. The van der Waals surface area contributed by atoms with E-state index in [9.17, 15) is 0 Å². The summed E-state index contributed by atoms with van der Waals surface area (Å²) in [6, 6.07) is 4.81. The molecule has 0 spiro atoms. The molecule has 0 unspecified atom stereocenters. The van der Waals surface area contributed by atoms with E-state index in [-0.39, 0.29) is 13.5 Å². The molecule has 0 saturated carbocycles. The third kappa shape index (κ3) is 2.93. The van der Waals surface area contributed by atoms with Crippen LogP contribution in [0.15, 0.2) is 12.1 Å². The fourth-order valence-corrected chi connectivity index (χ4v) is 2.58. The van der Waals surface area contributed by atoms with Gasteiger partial charge in [0.1, 0.15) is 5.82 Å². The average molecular weight is 283 g/mol. The molecule has 2 aliphatic rings. The van der Waals surface area contributed by atoms with Gasteiger partial charge in [-0.25, -0.2) is 0 Å². The highest BCUT2D eigenvalue weighted by Crippen LogP contribution is 2.21. The van der Waals surface area contributed by atoms with Crippen molar-refractivity contribution in [2.24, 2.45) is 0 Å². The van der Waals surface area contributed by atoms with Gasteiger partial charge in [0.2, 0.25) is 0 Å². The van der Waals surface area contributed by atoms with Gasteiger partial charge in [0.15, 0.2) is 5.82 Å². The molecule has 1 aromatic rings. The Morgan fingerprint density at radius 2 is 2.05 bits per heavy atom. The lowest BCUT2D eigenvalue weighted by Gasteiger charge is -2.45. The third-order valence-corrected chi connectivity index (χ3v) is 3.76. The van der Waals surface area contributed by atoms with E-state index in [0.717, 1.165) is 38.7 Å². The van der Waals surface area contributed by atoms with Crippen LogP contribution in [0, 0.1) is 0 Å². The number of hydrogen-bond donors (Lipinski definition) is 1. The minimum atomic E-state index is 0. The Kier molecular flexibility index (Phi) is 4.49. The van der Waals surface area contributed by atoms with Gasteiger partial charge < -0.3 is 15.4 Å². The van der Waals surface area contributed by atoms with Gasteiger partial charge in [-0.1, -0.05) is 0 Å². The second kappa shape index (κ2) is 5.94. The lowest BCUT2D eigenvalue weighted by molar-refractivity contribution is -0.0692. The van der Waals surface area contributed by atoms with Gasteiger partial charge in [0, 0.05) is 25.7 Å². The predicted octanol–water partition coefficient (Wildman–Crippen LogP) is 0.0809. The van der Waals surface area contributed by atoms with Crippen LogP contribution in [0.4, 0.5) is 11.6 Å². The van der Waals surface area contributed by atoms with Crippen LogP contribution in [0.3, 0.4) is 0 Å². The summed E-state index contributed by atoms with van der Waals surface area (Å²) in [4.78, 5) is 4.80. The Balaban J connectivity index is 0.00000133. The molecule has 2 N–H and O–H groups in total. The second-order valence-corrected chi connectivity index (χ2v) is 5.05. The molecule has 19 heavy (non-hydrogen) atoms. The first-order chi connectivity index (χ1) is 8.74. The number of nitrogens with two attached hydrogens (primary N) is 1. The average Bonchev–Trinajstić information content (AvgIpc) is 2.29. The van der Waals surface area contributed by atoms with Gasteiger partial charge in [-0.05, 0) is 19.1 Å². The lowest BCUT2D eigenvalue weighted by atomic mass is 10.1. The normalized spacial score (nSPS) is 24.7. The first-order valence-corrected chi connectivity index (χ1v) is 6.41. The number of hydrogen-bond acceptors (Lipinski definition) is 6. The Bertz CT molecular complexity index is 411. The summed E-state index contributed by atoms with van der Waals surface area (Å²) in [5.74, 6) is 1.39. The maximum atomic E-state index is 5.56. The van der Waals surface area contributed by atoms with Crippen molar-refractivity contribution in [2.75, 3.05) is 43.5 Å². The fraction of sp³-hybridized carbons (Fsp3) is 0.667. The number of aromatic nitrogens is 2. The molecule has 1 atom stereocenters. The summed E-state index contributed by atoms with van der Waals surface area (Å²) in [5, 5.41) is 8.09. The highest BCUT2D eigenvalue weighted by molar-refractivity contribution is 7.59.